The number of aromatic nitrogens is 2. The molecule has 0 saturated carbocycles. The zero-order valence-electron chi connectivity index (χ0n) is 13.5. The van der Waals surface area contributed by atoms with Crippen molar-refractivity contribution in [2.75, 3.05) is 7.11 Å². The summed E-state index contributed by atoms with van der Waals surface area (Å²) in [5.74, 6) is 0.472. The first-order chi connectivity index (χ1) is 12.3. The van der Waals surface area contributed by atoms with E-state index in [1.807, 2.05) is 30.3 Å². The summed E-state index contributed by atoms with van der Waals surface area (Å²) < 4.78 is 10.7. The lowest BCUT2D eigenvalue weighted by Gasteiger charge is -2.08. The van der Waals surface area contributed by atoms with Crippen molar-refractivity contribution in [3.8, 4) is 16.9 Å². The lowest BCUT2D eigenvalue weighted by Crippen LogP contribution is -1.96. The molecule has 0 spiro atoms. The van der Waals surface area contributed by atoms with Gasteiger partial charge in [-0.3, -0.25) is 0 Å². The van der Waals surface area contributed by atoms with Gasteiger partial charge in [0.2, 0.25) is 0 Å². The molecular weight excluding hydrogens is 316 g/mol. The zero-order chi connectivity index (χ0) is 17.0. The van der Waals surface area contributed by atoms with Gasteiger partial charge in [-0.1, -0.05) is 24.3 Å². The molecule has 122 valence electrons. The average molecular weight is 330 g/mol. The fraction of sp³-hybridized carbons (Fsp3) is 0.100. The molecule has 0 amide bonds. The minimum atomic E-state index is -0.355. The van der Waals surface area contributed by atoms with Gasteiger partial charge in [-0.05, 0) is 23.8 Å². The van der Waals surface area contributed by atoms with Crippen LogP contribution in [-0.4, -0.2) is 23.0 Å². The summed E-state index contributed by atoms with van der Waals surface area (Å²) in [6, 6.07) is 14.1. The molecule has 0 unspecified atom stereocenters. The maximum absolute atomic E-state index is 11.8. The quantitative estimate of drug-likeness (QED) is 0.563. The van der Waals surface area contributed by atoms with Crippen LogP contribution in [0.3, 0.4) is 0 Å². The van der Waals surface area contributed by atoms with E-state index in [2.05, 4.69) is 22.1 Å². The summed E-state index contributed by atoms with van der Waals surface area (Å²) in [4.78, 5) is 19.4. The number of esters is 1. The van der Waals surface area contributed by atoms with Crippen molar-refractivity contribution >= 4 is 27.8 Å². The first-order valence-corrected chi connectivity index (χ1v) is 8.00. The number of pyridine rings is 1. The lowest BCUT2D eigenvalue weighted by atomic mass is 10.0. The number of benzene rings is 2. The third-order valence-corrected chi connectivity index (χ3v) is 4.70. The minimum absolute atomic E-state index is 0.268. The van der Waals surface area contributed by atoms with Gasteiger partial charge in [-0.25, -0.2) is 9.78 Å². The van der Waals surface area contributed by atoms with Gasteiger partial charge in [0.25, 0.3) is 0 Å². The predicted molar refractivity (Wildman–Crippen MR) is 94.7 cm³/mol. The van der Waals surface area contributed by atoms with Gasteiger partial charge in [0.05, 0.1) is 18.8 Å². The van der Waals surface area contributed by atoms with Gasteiger partial charge in [0.15, 0.2) is 5.69 Å². The Morgan fingerprint density at radius 1 is 1.16 bits per heavy atom. The molecule has 5 heteroatoms. The second-order valence-corrected chi connectivity index (χ2v) is 6.04. The predicted octanol–water partition coefficient (Wildman–Crippen LogP) is 4.06. The van der Waals surface area contributed by atoms with Crippen molar-refractivity contribution in [1.29, 1.82) is 0 Å². The topological polar surface area (TPSA) is 64.2 Å². The highest BCUT2D eigenvalue weighted by Gasteiger charge is 2.26. The molecule has 2 aromatic carbocycles. The maximum atomic E-state index is 11.8. The molecule has 0 fully saturated rings. The normalized spacial score (nSPS) is 13.2. The van der Waals surface area contributed by atoms with Gasteiger partial charge >= 0.3 is 5.97 Å². The van der Waals surface area contributed by atoms with Crippen LogP contribution in [0.4, 0.5) is 0 Å². The van der Waals surface area contributed by atoms with Crippen LogP contribution in [0.5, 0.6) is 5.75 Å². The highest BCUT2D eigenvalue weighted by Crippen LogP contribution is 2.37. The first-order valence-electron chi connectivity index (χ1n) is 8.00. The van der Waals surface area contributed by atoms with E-state index < -0.39 is 0 Å². The number of rotatable bonds is 2. The molecule has 5 nitrogen and oxygen atoms in total. The molecule has 2 aromatic heterocycles. The van der Waals surface area contributed by atoms with Crippen molar-refractivity contribution in [3.63, 3.8) is 0 Å². The Morgan fingerprint density at radius 2 is 2.04 bits per heavy atom. The number of methoxy groups -OCH3 is 1. The van der Waals surface area contributed by atoms with Crippen LogP contribution in [-0.2, 0) is 11.3 Å². The number of cyclic esters (lactones) is 1. The summed E-state index contributed by atoms with van der Waals surface area (Å²) in [6.07, 6.45) is 1.70. The maximum Gasteiger partial charge on any atom is 0.357 e. The number of hydrogen-bond donors (Lipinski definition) is 1. The number of aromatic amines is 1. The van der Waals surface area contributed by atoms with Crippen LogP contribution >= 0.6 is 0 Å². The Hall–Kier alpha value is -3.34. The molecule has 1 N–H and O–H groups in total. The Kier molecular flexibility index (Phi) is 2.85. The number of hydrogen-bond acceptors (Lipinski definition) is 4. The molecule has 1 aliphatic rings. The van der Waals surface area contributed by atoms with Crippen LogP contribution in [0.15, 0.2) is 48.7 Å². The molecule has 25 heavy (non-hydrogen) atoms. The first kappa shape index (κ1) is 14.0. The second-order valence-electron chi connectivity index (χ2n) is 6.04. The van der Waals surface area contributed by atoms with E-state index in [0.717, 1.165) is 44.2 Å². The molecule has 1 aliphatic heterocycles. The van der Waals surface area contributed by atoms with Crippen molar-refractivity contribution in [1.82, 2.24) is 9.97 Å². The summed E-state index contributed by atoms with van der Waals surface area (Å²) in [5.41, 5.74) is 5.26. The number of ether oxygens (including phenoxy) is 2. The van der Waals surface area contributed by atoms with Gasteiger partial charge in [-0.2, -0.15) is 0 Å². The lowest BCUT2D eigenvalue weighted by molar-refractivity contribution is 0.0531. The number of carbonyl (C=O) groups is 1. The van der Waals surface area contributed by atoms with Crippen molar-refractivity contribution < 1.29 is 14.3 Å². The fourth-order valence-corrected chi connectivity index (χ4v) is 3.53. The number of fused-ring (bicyclic) bond motifs is 5. The van der Waals surface area contributed by atoms with E-state index in [1.54, 1.807) is 13.3 Å². The number of nitrogens with zero attached hydrogens (tertiary/aromatic N) is 1. The number of H-pyrrole nitrogens is 1. The smallest absolute Gasteiger partial charge is 0.357 e. The number of nitrogens with one attached hydrogen (secondary N) is 1. The molecule has 0 bridgehead atoms. The Morgan fingerprint density at radius 3 is 2.92 bits per heavy atom. The van der Waals surface area contributed by atoms with Crippen LogP contribution < -0.4 is 4.74 Å². The average Bonchev–Trinajstić information content (AvgIpc) is 3.21. The molecule has 0 atom stereocenters. The second kappa shape index (κ2) is 5.08. The SMILES string of the molecule is COc1ccccc1-c1ccc2[nH]c3cnc4c(c3c2c1)COC4=O. The standard InChI is InChI=1S/C20H14N2O3/c1-24-17-5-3-2-4-12(17)11-6-7-15-13(8-11)18-14-10-25-20(23)19(14)21-9-16(18)22-15/h2-9,22H,10H2,1H3. The van der Waals surface area contributed by atoms with Crippen molar-refractivity contribution in [3.05, 3.63) is 59.9 Å². The Balaban J connectivity index is 1.82. The number of carbonyl (C=O) groups excluding carboxylic acids is 1. The van der Waals surface area contributed by atoms with Gasteiger partial charge in [0, 0.05) is 27.4 Å². The summed E-state index contributed by atoms with van der Waals surface area (Å²) in [6.45, 7) is 0.268. The summed E-state index contributed by atoms with van der Waals surface area (Å²) in [7, 11) is 1.67. The van der Waals surface area contributed by atoms with Gasteiger partial charge in [0.1, 0.15) is 12.4 Å². The molecule has 0 saturated heterocycles. The van der Waals surface area contributed by atoms with Crippen LogP contribution in [0.25, 0.3) is 32.9 Å². The molecule has 5 rings (SSSR count). The van der Waals surface area contributed by atoms with E-state index in [-0.39, 0.29) is 12.6 Å². The summed E-state index contributed by atoms with van der Waals surface area (Å²) >= 11 is 0. The molecule has 4 aromatic rings. The Bertz CT molecular complexity index is 1160. The molecule has 0 aliphatic carbocycles. The van der Waals surface area contributed by atoms with Crippen LogP contribution in [0.2, 0.25) is 0 Å². The van der Waals surface area contributed by atoms with Crippen LogP contribution in [0.1, 0.15) is 16.1 Å². The van der Waals surface area contributed by atoms with Crippen molar-refractivity contribution in [2.24, 2.45) is 0 Å². The third-order valence-electron chi connectivity index (χ3n) is 4.70. The largest absolute Gasteiger partial charge is 0.496 e. The minimum Gasteiger partial charge on any atom is -0.496 e. The Labute approximate surface area is 143 Å². The highest BCUT2D eigenvalue weighted by molar-refractivity contribution is 6.12. The third kappa shape index (κ3) is 1.96. The van der Waals surface area contributed by atoms with E-state index in [1.165, 1.54) is 0 Å². The van der Waals surface area contributed by atoms with Gasteiger partial charge < -0.3 is 14.5 Å². The van der Waals surface area contributed by atoms with E-state index in [0.29, 0.717) is 5.69 Å². The molecular formula is C20H14N2O3. The number of para-hydroxylation sites is 1. The highest BCUT2D eigenvalue weighted by atomic mass is 16.5. The fourth-order valence-electron chi connectivity index (χ4n) is 3.53. The van der Waals surface area contributed by atoms with E-state index in [4.69, 9.17) is 9.47 Å². The van der Waals surface area contributed by atoms with E-state index in [9.17, 15) is 4.79 Å². The monoisotopic (exact) mass is 330 g/mol. The zero-order valence-corrected chi connectivity index (χ0v) is 13.5. The molecule has 0 radical (unpaired) electrons. The summed E-state index contributed by atoms with van der Waals surface area (Å²) in [5, 5.41) is 2.05. The molecule has 3 heterocycles. The van der Waals surface area contributed by atoms with Crippen molar-refractivity contribution in [2.45, 2.75) is 6.61 Å². The van der Waals surface area contributed by atoms with E-state index >= 15 is 0 Å². The van der Waals surface area contributed by atoms with Gasteiger partial charge in [-0.15, -0.1) is 0 Å². The van der Waals surface area contributed by atoms with Crippen LogP contribution in [0, 0.1) is 0 Å².